The van der Waals surface area contributed by atoms with Crippen molar-refractivity contribution in [3.8, 4) is 0 Å². The van der Waals surface area contributed by atoms with E-state index in [9.17, 15) is 4.39 Å². The van der Waals surface area contributed by atoms with Crippen molar-refractivity contribution in [1.29, 1.82) is 0 Å². The highest BCUT2D eigenvalue weighted by Gasteiger charge is 2.21. The van der Waals surface area contributed by atoms with Gasteiger partial charge in [-0.05, 0) is 23.6 Å². The third-order valence-corrected chi connectivity index (χ3v) is 3.52. The first-order valence-electron chi connectivity index (χ1n) is 5.60. The van der Waals surface area contributed by atoms with E-state index in [4.69, 9.17) is 5.84 Å². The molecule has 18 heavy (non-hydrogen) atoms. The smallest absolute Gasteiger partial charge is 0.149 e. The van der Waals surface area contributed by atoms with Gasteiger partial charge in [-0.15, -0.1) is 0 Å². The number of nitrogens with two attached hydrogens (primary N) is 1. The number of nitrogen functional groups attached to an aromatic ring is 1. The molecule has 1 aromatic heterocycles. The van der Waals surface area contributed by atoms with Crippen LogP contribution in [0.15, 0.2) is 22.7 Å². The maximum Gasteiger partial charge on any atom is 0.149 e. The van der Waals surface area contributed by atoms with Gasteiger partial charge >= 0.3 is 0 Å². The van der Waals surface area contributed by atoms with Crippen molar-refractivity contribution in [2.45, 2.75) is 26.2 Å². The second-order valence-corrected chi connectivity index (χ2v) is 6.06. The number of hydrogen-bond acceptors (Lipinski definition) is 3. The lowest BCUT2D eigenvalue weighted by Gasteiger charge is -2.22. The Labute approximate surface area is 114 Å². The Hall–Kier alpha value is -1.20. The molecule has 3 N–H and O–H groups in total. The zero-order valence-electron chi connectivity index (χ0n) is 10.5. The first-order valence-corrected chi connectivity index (χ1v) is 6.39. The highest BCUT2D eigenvalue weighted by molar-refractivity contribution is 9.10. The first-order chi connectivity index (χ1) is 8.34. The predicted octanol–water partition coefficient (Wildman–Crippen LogP) is 3.72. The van der Waals surface area contributed by atoms with Gasteiger partial charge < -0.3 is 5.43 Å². The Morgan fingerprint density at radius 1 is 1.33 bits per heavy atom. The third-order valence-electron chi connectivity index (χ3n) is 2.83. The van der Waals surface area contributed by atoms with Crippen molar-refractivity contribution in [2.24, 2.45) is 5.84 Å². The van der Waals surface area contributed by atoms with Crippen LogP contribution in [0.25, 0.3) is 10.9 Å². The molecule has 0 radical (unpaired) electrons. The van der Waals surface area contributed by atoms with Crippen LogP contribution >= 0.6 is 15.9 Å². The summed E-state index contributed by atoms with van der Waals surface area (Å²) in [5, 5.41) is 0.749. The summed E-state index contributed by atoms with van der Waals surface area (Å²) in [5.74, 6) is 5.63. The summed E-state index contributed by atoms with van der Waals surface area (Å²) in [7, 11) is 0. The summed E-state index contributed by atoms with van der Waals surface area (Å²) < 4.78 is 14.6. The molecule has 0 atom stereocenters. The molecule has 0 bridgehead atoms. The van der Waals surface area contributed by atoms with Gasteiger partial charge in [0.1, 0.15) is 17.2 Å². The van der Waals surface area contributed by atoms with E-state index in [1.54, 1.807) is 6.07 Å². The molecule has 2 aromatic rings. The molecule has 1 heterocycles. The Balaban J connectivity index is 2.86. The monoisotopic (exact) mass is 311 g/mol. The molecule has 0 saturated heterocycles. The number of fused-ring (bicyclic) bond motifs is 1. The molecule has 0 unspecified atom stereocenters. The molecule has 0 aliphatic carbocycles. The van der Waals surface area contributed by atoms with Crippen LogP contribution in [0, 0.1) is 5.82 Å². The highest BCUT2D eigenvalue weighted by Crippen LogP contribution is 2.34. The van der Waals surface area contributed by atoms with Crippen LogP contribution in [-0.2, 0) is 5.41 Å². The van der Waals surface area contributed by atoms with Crippen LogP contribution in [0.5, 0.6) is 0 Å². The molecule has 5 heteroatoms. The molecule has 0 aliphatic rings. The Bertz CT molecular complexity index is 605. The fraction of sp³-hybridized carbons (Fsp3) is 0.308. The van der Waals surface area contributed by atoms with E-state index in [0.717, 1.165) is 15.4 Å². The van der Waals surface area contributed by atoms with Crippen LogP contribution in [0.1, 0.15) is 26.3 Å². The van der Waals surface area contributed by atoms with E-state index in [1.165, 1.54) is 6.07 Å². The molecule has 3 nitrogen and oxygen atoms in total. The quantitative estimate of drug-likeness (QED) is 0.623. The number of hydrogen-bond donors (Lipinski definition) is 2. The van der Waals surface area contributed by atoms with Crippen molar-refractivity contribution >= 4 is 32.7 Å². The van der Waals surface area contributed by atoms with E-state index < -0.39 is 0 Å². The van der Waals surface area contributed by atoms with Gasteiger partial charge in [-0.1, -0.05) is 36.7 Å². The normalized spacial score (nSPS) is 11.9. The number of pyridine rings is 1. The van der Waals surface area contributed by atoms with E-state index in [0.29, 0.717) is 11.3 Å². The first kappa shape index (κ1) is 13.2. The number of halogens is 2. The number of rotatable bonds is 1. The molecule has 96 valence electrons. The van der Waals surface area contributed by atoms with Crippen molar-refractivity contribution in [2.75, 3.05) is 5.43 Å². The summed E-state index contributed by atoms with van der Waals surface area (Å²) in [5.41, 5.74) is 3.68. The summed E-state index contributed by atoms with van der Waals surface area (Å²) in [6, 6.07) is 4.99. The van der Waals surface area contributed by atoms with Crippen molar-refractivity contribution in [3.63, 3.8) is 0 Å². The Kier molecular flexibility index (Phi) is 3.29. The number of nitrogens with one attached hydrogen (secondary N) is 1. The number of anilines is 1. The lowest BCUT2D eigenvalue weighted by molar-refractivity contribution is 0.589. The molecule has 2 rings (SSSR count). The summed E-state index contributed by atoms with van der Waals surface area (Å²) >= 11 is 3.42. The van der Waals surface area contributed by atoms with Crippen LogP contribution in [0.4, 0.5) is 10.2 Å². The second-order valence-electron chi connectivity index (χ2n) is 5.20. The Morgan fingerprint density at radius 3 is 2.56 bits per heavy atom. The average Bonchev–Trinajstić information content (AvgIpc) is 2.31. The molecule has 0 aliphatic heterocycles. The minimum Gasteiger partial charge on any atom is -0.308 e. The van der Waals surface area contributed by atoms with Gasteiger partial charge in [0.25, 0.3) is 0 Å². The Morgan fingerprint density at radius 2 is 2.00 bits per heavy atom. The van der Waals surface area contributed by atoms with Crippen molar-refractivity contribution < 1.29 is 4.39 Å². The average molecular weight is 312 g/mol. The van der Waals surface area contributed by atoms with Gasteiger partial charge in [0, 0.05) is 15.4 Å². The van der Waals surface area contributed by atoms with Crippen LogP contribution in [-0.4, -0.2) is 4.98 Å². The number of aromatic nitrogens is 1. The van der Waals surface area contributed by atoms with Crippen LogP contribution < -0.4 is 11.3 Å². The topological polar surface area (TPSA) is 50.9 Å². The standard InChI is InChI=1S/C13H15BrFN3/c1-13(2,3)8-6-7-9(14)4-5-10(15)11(7)17-12(8)18-16/h4-6H,16H2,1-3H3,(H,17,18). The minimum atomic E-state index is -0.356. The predicted molar refractivity (Wildman–Crippen MR) is 75.9 cm³/mol. The van der Waals surface area contributed by atoms with Gasteiger partial charge in [-0.3, -0.25) is 0 Å². The fourth-order valence-electron chi connectivity index (χ4n) is 1.87. The fourth-order valence-corrected chi connectivity index (χ4v) is 2.31. The van der Waals surface area contributed by atoms with Crippen molar-refractivity contribution in [1.82, 2.24) is 4.98 Å². The zero-order chi connectivity index (χ0) is 13.5. The van der Waals surface area contributed by atoms with E-state index in [-0.39, 0.29) is 11.2 Å². The van der Waals surface area contributed by atoms with E-state index >= 15 is 0 Å². The van der Waals surface area contributed by atoms with E-state index in [2.05, 4.69) is 47.1 Å². The lowest BCUT2D eigenvalue weighted by atomic mass is 9.86. The minimum absolute atomic E-state index is 0.130. The largest absolute Gasteiger partial charge is 0.308 e. The van der Waals surface area contributed by atoms with Gasteiger partial charge in [0.05, 0.1) is 0 Å². The lowest BCUT2D eigenvalue weighted by Crippen LogP contribution is -2.19. The summed E-state index contributed by atoms with van der Waals surface area (Å²) in [6.07, 6.45) is 0. The van der Waals surface area contributed by atoms with Crippen LogP contribution in [0.2, 0.25) is 0 Å². The second kappa shape index (κ2) is 4.48. The SMILES string of the molecule is CC(C)(C)c1cc2c(Br)ccc(F)c2nc1NN. The van der Waals surface area contributed by atoms with E-state index in [1.807, 2.05) is 6.07 Å². The number of hydrazine groups is 1. The van der Waals surface area contributed by atoms with Crippen LogP contribution in [0.3, 0.4) is 0 Å². The molecular formula is C13H15BrFN3. The maximum atomic E-state index is 13.8. The molecule has 1 aromatic carbocycles. The number of nitrogens with zero attached hydrogens (tertiary/aromatic N) is 1. The third kappa shape index (κ3) is 2.20. The molecule has 0 saturated carbocycles. The zero-order valence-corrected chi connectivity index (χ0v) is 12.1. The summed E-state index contributed by atoms with van der Waals surface area (Å²) in [4.78, 5) is 4.28. The molecular weight excluding hydrogens is 297 g/mol. The molecule has 0 amide bonds. The molecule has 0 fully saturated rings. The van der Waals surface area contributed by atoms with Gasteiger partial charge in [-0.25, -0.2) is 15.2 Å². The number of benzene rings is 1. The van der Waals surface area contributed by atoms with Crippen molar-refractivity contribution in [3.05, 3.63) is 34.1 Å². The highest BCUT2D eigenvalue weighted by atomic mass is 79.9. The van der Waals surface area contributed by atoms with Gasteiger partial charge in [-0.2, -0.15) is 0 Å². The van der Waals surface area contributed by atoms with Gasteiger partial charge in [0.15, 0.2) is 0 Å². The summed E-state index contributed by atoms with van der Waals surface area (Å²) in [6.45, 7) is 6.18. The maximum absolute atomic E-state index is 13.8. The molecule has 0 spiro atoms. The van der Waals surface area contributed by atoms with Gasteiger partial charge in [0.2, 0.25) is 0 Å².